The molecule has 2 unspecified atom stereocenters. The first-order valence-corrected chi connectivity index (χ1v) is 4.93. The van der Waals surface area contributed by atoms with E-state index in [0.717, 1.165) is 19.4 Å². The Labute approximate surface area is 84.2 Å². The normalized spacial score (nSPS) is 29.0. The Morgan fingerprint density at radius 2 is 2.43 bits per heavy atom. The summed E-state index contributed by atoms with van der Waals surface area (Å²) in [5.74, 6) is -0.477. The maximum atomic E-state index is 10.6. The summed E-state index contributed by atoms with van der Waals surface area (Å²) in [5, 5.41) is 3.10. The molecule has 0 spiro atoms. The first-order valence-electron chi connectivity index (χ1n) is 4.93. The molecule has 5 nitrogen and oxygen atoms in total. The van der Waals surface area contributed by atoms with Gasteiger partial charge in [0.15, 0.2) is 0 Å². The van der Waals surface area contributed by atoms with Crippen LogP contribution in [0.2, 0.25) is 0 Å². The minimum Gasteiger partial charge on any atom is -0.374 e. The third-order valence-corrected chi connectivity index (χ3v) is 2.53. The third kappa shape index (κ3) is 3.25. The number of nitrogens with one attached hydrogen (secondary N) is 1. The fourth-order valence-electron chi connectivity index (χ4n) is 1.57. The number of rotatable bonds is 5. The van der Waals surface area contributed by atoms with Crippen molar-refractivity contribution in [2.75, 3.05) is 19.7 Å². The van der Waals surface area contributed by atoms with Gasteiger partial charge in [-0.25, -0.2) is 0 Å². The van der Waals surface area contributed by atoms with Gasteiger partial charge in [-0.2, -0.15) is 0 Å². The second-order valence-corrected chi connectivity index (χ2v) is 4.04. The van der Waals surface area contributed by atoms with E-state index in [0.29, 0.717) is 13.1 Å². The third-order valence-electron chi connectivity index (χ3n) is 2.53. The topological polar surface area (TPSA) is 90.4 Å². The Morgan fingerprint density at radius 3 is 2.93 bits per heavy atom. The zero-order valence-electron chi connectivity index (χ0n) is 8.58. The number of ether oxygens (including phenoxy) is 1. The molecule has 0 saturated carbocycles. The second-order valence-electron chi connectivity index (χ2n) is 4.04. The van der Waals surface area contributed by atoms with Gasteiger partial charge < -0.3 is 21.5 Å². The highest BCUT2D eigenvalue weighted by Crippen LogP contribution is 2.23. The highest BCUT2D eigenvalue weighted by Gasteiger charge is 2.29. The average molecular weight is 201 g/mol. The molecule has 1 saturated heterocycles. The Bertz CT molecular complexity index is 202. The second kappa shape index (κ2) is 4.72. The van der Waals surface area contributed by atoms with E-state index in [1.54, 1.807) is 0 Å². The van der Waals surface area contributed by atoms with Gasteiger partial charge in [-0.1, -0.05) is 0 Å². The lowest BCUT2D eigenvalue weighted by Crippen LogP contribution is -2.47. The molecule has 2 atom stereocenters. The fourth-order valence-corrected chi connectivity index (χ4v) is 1.57. The van der Waals surface area contributed by atoms with Crippen LogP contribution in [0.15, 0.2) is 0 Å². The molecule has 0 aromatic heterocycles. The molecule has 82 valence electrons. The monoisotopic (exact) mass is 201 g/mol. The SMILES string of the molecule is CC1(CNCC(N)C(N)=O)CCCO1. The van der Waals surface area contributed by atoms with Crippen LogP contribution in [0.1, 0.15) is 19.8 Å². The van der Waals surface area contributed by atoms with Crippen molar-refractivity contribution in [3.8, 4) is 0 Å². The van der Waals surface area contributed by atoms with Crippen molar-refractivity contribution < 1.29 is 9.53 Å². The minimum absolute atomic E-state index is 0.0998. The van der Waals surface area contributed by atoms with Gasteiger partial charge in [-0.15, -0.1) is 0 Å². The van der Waals surface area contributed by atoms with Crippen molar-refractivity contribution in [2.45, 2.75) is 31.4 Å². The molecule has 1 aliphatic rings. The molecule has 1 heterocycles. The largest absolute Gasteiger partial charge is 0.374 e. The molecule has 1 fully saturated rings. The van der Waals surface area contributed by atoms with E-state index >= 15 is 0 Å². The van der Waals surface area contributed by atoms with Crippen LogP contribution in [-0.2, 0) is 9.53 Å². The van der Waals surface area contributed by atoms with Crippen molar-refractivity contribution in [1.29, 1.82) is 0 Å². The molecule has 1 rings (SSSR count). The number of amides is 1. The molecule has 0 aromatic carbocycles. The van der Waals surface area contributed by atoms with Gasteiger partial charge in [0, 0.05) is 19.7 Å². The molecular weight excluding hydrogens is 182 g/mol. The van der Waals surface area contributed by atoms with Gasteiger partial charge in [0.05, 0.1) is 11.6 Å². The van der Waals surface area contributed by atoms with E-state index in [2.05, 4.69) is 12.2 Å². The van der Waals surface area contributed by atoms with E-state index in [1.807, 2.05) is 0 Å². The quantitative estimate of drug-likeness (QED) is 0.530. The maximum Gasteiger partial charge on any atom is 0.235 e. The van der Waals surface area contributed by atoms with Crippen LogP contribution in [0.5, 0.6) is 0 Å². The first-order chi connectivity index (χ1) is 6.53. The van der Waals surface area contributed by atoms with Crippen LogP contribution in [-0.4, -0.2) is 37.2 Å². The number of nitrogens with two attached hydrogens (primary N) is 2. The van der Waals surface area contributed by atoms with Gasteiger partial charge in [0.2, 0.25) is 5.91 Å². The number of hydrogen-bond donors (Lipinski definition) is 3. The molecule has 1 amide bonds. The smallest absolute Gasteiger partial charge is 0.235 e. The number of carbonyl (C=O) groups is 1. The molecule has 14 heavy (non-hydrogen) atoms. The maximum absolute atomic E-state index is 10.6. The van der Waals surface area contributed by atoms with Gasteiger partial charge in [-0.05, 0) is 19.8 Å². The van der Waals surface area contributed by atoms with Crippen LogP contribution in [0, 0.1) is 0 Å². The summed E-state index contributed by atoms with van der Waals surface area (Å²) >= 11 is 0. The van der Waals surface area contributed by atoms with Crippen molar-refractivity contribution >= 4 is 5.91 Å². The van der Waals surface area contributed by atoms with Crippen LogP contribution in [0.3, 0.4) is 0 Å². The fraction of sp³-hybridized carbons (Fsp3) is 0.889. The Balaban J connectivity index is 2.17. The Morgan fingerprint density at radius 1 is 1.71 bits per heavy atom. The lowest BCUT2D eigenvalue weighted by molar-refractivity contribution is -0.119. The molecular formula is C9H19N3O2. The predicted molar refractivity (Wildman–Crippen MR) is 53.6 cm³/mol. The molecule has 0 bridgehead atoms. The van der Waals surface area contributed by atoms with Gasteiger partial charge in [0.1, 0.15) is 0 Å². The number of carbonyl (C=O) groups excluding carboxylic acids is 1. The molecule has 0 aromatic rings. The summed E-state index contributed by atoms with van der Waals surface area (Å²) in [4.78, 5) is 10.6. The summed E-state index contributed by atoms with van der Waals surface area (Å²) in [6, 6.07) is -0.611. The molecule has 1 aliphatic heterocycles. The van der Waals surface area contributed by atoms with E-state index in [9.17, 15) is 4.79 Å². The van der Waals surface area contributed by atoms with E-state index < -0.39 is 11.9 Å². The standard InChI is InChI=1S/C9H19N3O2/c1-9(3-2-4-14-9)6-12-5-7(10)8(11)13/h7,12H,2-6,10H2,1H3,(H2,11,13). The van der Waals surface area contributed by atoms with Crippen LogP contribution in [0.25, 0.3) is 0 Å². The zero-order chi connectivity index (χ0) is 10.6. The van der Waals surface area contributed by atoms with Crippen molar-refractivity contribution in [1.82, 2.24) is 5.32 Å². The lowest BCUT2D eigenvalue weighted by atomic mass is 10.0. The molecule has 0 aliphatic carbocycles. The van der Waals surface area contributed by atoms with Crippen molar-refractivity contribution in [3.05, 3.63) is 0 Å². The highest BCUT2D eigenvalue weighted by molar-refractivity contribution is 5.79. The molecule has 5 heteroatoms. The lowest BCUT2D eigenvalue weighted by Gasteiger charge is -2.24. The average Bonchev–Trinajstić information content (AvgIpc) is 2.52. The Kier molecular flexibility index (Phi) is 3.86. The van der Waals surface area contributed by atoms with Crippen molar-refractivity contribution in [3.63, 3.8) is 0 Å². The van der Waals surface area contributed by atoms with Gasteiger partial charge >= 0.3 is 0 Å². The summed E-state index contributed by atoms with van der Waals surface area (Å²) < 4.78 is 5.56. The molecule has 5 N–H and O–H groups in total. The highest BCUT2D eigenvalue weighted by atomic mass is 16.5. The first kappa shape index (κ1) is 11.4. The van der Waals surface area contributed by atoms with Crippen LogP contribution < -0.4 is 16.8 Å². The summed E-state index contributed by atoms with van der Waals surface area (Å²) in [7, 11) is 0. The minimum atomic E-state index is -0.611. The number of primary amides is 1. The Hall–Kier alpha value is -0.650. The zero-order valence-corrected chi connectivity index (χ0v) is 8.58. The van der Waals surface area contributed by atoms with Gasteiger partial charge in [0.25, 0.3) is 0 Å². The van der Waals surface area contributed by atoms with E-state index in [1.165, 1.54) is 0 Å². The van der Waals surface area contributed by atoms with Gasteiger partial charge in [-0.3, -0.25) is 4.79 Å². The molecule has 0 radical (unpaired) electrons. The van der Waals surface area contributed by atoms with E-state index in [4.69, 9.17) is 16.2 Å². The summed E-state index contributed by atoms with van der Waals surface area (Å²) in [6.07, 6.45) is 2.14. The number of hydrogen-bond acceptors (Lipinski definition) is 4. The van der Waals surface area contributed by atoms with Crippen LogP contribution >= 0.6 is 0 Å². The summed E-state index contributed by atoms with van der Waals surface area (Å²) in [5.41, 5.74) is 10.4. The summed E-state index contributed by atoms with van der Waals surface area (Å²) in [6.45, 7) is 4.01. The van der Waals surface area contributed by atoms with Crippen molar-refractivity contribution in [2.24, 2.45) is 11.5 Å². The van der Waals surface area contributed by atoms with E-state index in [-0.39, 0.29) is 5.60 Å². The van der Waals surface area contributed by atoms with Crippen LogP contribution in [0.4, 0.5) is 0 Å². The predicted octanol–water partition coefficient (Wildman–Crippen LogP) is -1.04.